The second kappa shape index (κ2) is 5.19. The molecule has 17 heavy (non-hydrogen) atoms. The van der Waals surface area contributed by atoms with Crippen LogP contribution in [0.5, 0.6) is 0 Å². The fourth-order valence-electron chi connectivity index (χ4n) is 1.45. The summed E-state index contributed by atoms with van der Waals surface area (Å²) in [7, 11) is 0. The Kier molecular flexibility index (Phi) is 3.64. The minimum absolute atomic E-state index is 0.123. The Balaban J connectivity index is 1.86. The molecule has 0 aromatic heterocycles. The fraction of sp³-hybridized carbons (Fsp3) is 0.333. The molecule has 0 N–H and O–H groups in total. The molecule has 0 amide bonds. The number of carbonyl (C=O) groups excluding carboxylic acids is 2. The topological polar surface area (TPSA) is 52.6 Å². The number of hydrogen-bond donors (Lipinski definition) is 0. The van der Waals surface area contributed by atoms with E-state index in [9.17, 15) is 9.59 Å². The van der Waals surface area contributed by atoms with Crippen molar-refractivity contribution in [2.24, 2.45) is 5.92 Å². The smallest absolute Gasteiger partial charge is 0.247 e. The Hall–Kier alpha value is -1.55. The Labute approximate surface area is 103 Å². The highest BCUT2D eigenvalue weighted by Gasteiger charge is 2.28. The highest BCUT2D eigenvalue weighted by Crippen LogP contribution is 2.27. The first-order chi connectivity index (χ1) is 8.16. The number of rotatable bonds is 2. The van der Waals surface area contributed by atoms with Gasteiger partial charge in [-0.2, -0.15) is 0 Å². The van der Waals surface area contributed by atoms with Crippen molar-refractivity contribution in [2.75, 3.05) is 0 Å². The Morgan fingerprint density at radius 1 is 1.24 bits per heavy atom. The van der Waals surface area contributed by atoms with Crippen molar-refractivity contribution in [1.82, 2.24) is 0 Å². The van der Waals surface area contributed by atoms with Crippen LogP contribution in [0.15, 0.2) is 24.3 Å². The van der Waals surface area contributed by atoms with Gasteiger partial charge in [0.05, 0.1) is 11.5 Å². The molecule has 2 rings (SSSR count). The lowest BCUT2D eigenvalue weighted by atomic mass is 9.86. The van der Waals surface area contributed by atoms with Crippen LogP contribution in [-0.2, 0) is 14.6 Å². The molecule has 1 aliphatic rings. The van der Waals surface area contributed by atoms with E-state index in [1.54, 1.807) is 12.1 Å². The quantitative estimate of drug-likeness (QED) is 0.602. The lowest BCUT2D eigenvalue weighted by Crippen LogP contribution is -2.25. The van der Waals surface area contributed by atoms with Crippen LogP contribution < -0.4 is 0 Å². The standard InChI is InChI=1S/C12H11ClO4/c13-10-6-2-5-9(7-10)12(15)17-16-11(14)8-3-1-4-8/h2,5-8H,1,3-4H2. The summed E-state index contributed by atoms with van der Waals surface area (Å²) in [6.45, 7) is 0. The SMILES string of the molecule is O=C(OOC(=O)C1CCC1)c1cccc(Cl)c1. The van der Waals surface area contributed by atoms with Gasteiger partial charge in [0.25, 0.3) is 0 Å². The van der Waals surface area contributed by atoms with E-state index >= 15 is 0 Å². The van der Waals surface area contributed by atoms with Gasteiger partial charge in [-0.3, -0.25) is 0 Å². The first kappa shape index (κ1) is 11.9. The van der Waals surface area contributed by atoms with Gasteiger partial charge in [-0.15, -0.1) is 0 Å². The zero-order valence-corrected chi connectivity index (χ0v) is 9.77. The third kappa shape index (κ3) is 2.97. The van der Waals surface area contributed by atoms with Crippen molar-refractivity contribution < 1.29 is 19.4 Å². The monoisotopic (exact) mass is 254 g/mol. The predicted molar refractivity (Wildman–Crippen MR) is 60.3 cm³/mol. The molecule has 0 unspecified atom stereocenters. The van der Waals surface area contributed by atoms with E-state index in [1.807, 2.05) is 0 Å². The Bertz CT molecular complexity index is 440. The van der Waals surface area contributed by atoms with Gasteiger partial charge in [-0.05, 0) is 31.0 Å². The van der Waals surface area contributed by atoms with Gasteiger partial charge < -0.3 is 0 Å². The minimum atomic E-state index is -0.722. The van der Waals surface area contributed by atoms with Gasteiger partial charge >= 0.3 is 11.9 Å². The van der Waals surface area contributed by atoms with Crippen LogP contribution in [0.2, 0.25) is 5.02 Å². The average Bonchev–Trinajstić information content (AvgIpc) is 2.23. The second-order valence-electron chi connectivity index (χ2n) is 3.91. The normalized spacial score (nSPS) is 14.9. The summed E-state index contributed by atoms with van der Waals surface area (Å²) >= 11 is 5.72. The van der Waals surface area contributed by atoms with Crippen LogP contribution >= 0.6 is 11.6 Å². The summed E-state index contributed by atoms with van der Waals surface area (Å²) in [6, 6.07) is 6.23. The molecule has 0 radical (unpaired) electrons. The van der Waals surface area contributed by atoms with Gasteiger partial charge in [0.2, 0.25) is 0 Å². The molecule has 90 valence electrons. The molecule has 1 aliphatic carbocycles. The van der Waals surface area contributed by atoms with Crippen molar-refractivity contribution in [2.45, 2.75) is 19.3 Å². The molecule has 1 aromatic carbocycles. The maximum absolute atomic E-state index is 11.5. The maximum atomic E-state index is 11.5. The van der Waals surface area contributed by atoms with Crippen molar-refractivity contribution in [3.8, 4) is 0 Å². The summed E-state index contributed by atoms with van der Waals surface area (Å²) in [5.74, 6) is -1.33. The average molecular weight is 255 g/mol. The van der Waals surface area contributed by atoms with Gasteiger partial charge in [-0.1, -0.05) is 24.1 Å². The number of halogens is 1. The molecule has 1 aromatic rings. The maximum Gasteiger partial charge on any atom is 0.386 e. The minimum Gasteiger partial charge on any atom is -0.247 e. The van der Waals surface area contributed by atoms with Crippen LogP contribution in [0.1, 0.15) is 29.6 Å². The zero-order valence-electron chi connectivity index (χ0n) is 9.02. The highest BCUT2D eigenvalue weighted by atomic mass is 35.5. The van der Waals surface area contributed by atoms with E-state index in [0.29, 0.717) is 5.02 Å². The van der Waals surface area contributed by atoms with Gasteiger partial charge in [-0.25, -0.2) is 19.4 Å². The van der Waals surface area contributed by atoms with Gasteiger partial charge in [0, 0.05) is 5.02 Å². The molecule has 0 aliphatic heterocycles. The third-order valence-corrected chi connectivity index (χ3v) is 2.93. The first-order valence-electron chi connectivity index (χ1n) is 5.35. The van der Waals surface area contributed by atoms with Gasteiger partial charge in [0.1, 0.15) is 0 Å². The number of carbonyl (C=O) groups is 2. The molecular formula is C12H11ClO4. The second-order valence-corrected chi connectivity index (χ2v) is 4.35. The summed E-state index contributed by atoms with van der Waals surface area (Å²) in [5, 5.41) is 0.421. The van der Waals surface area contributed by atoms with Crippen LogP contribution in [-0.4, -0.2) is 11.9 Å². The van der Waals surface area contributed by atoms with E-state index in [0.717, 1.165) is 19.3 Å². The van der Waals surface area contributed by atoms with E-state index in [1.165, 1.54) is 12.1 Å². The lowest BCUT2D eigenvalue weighted by molar-refractivity contribution is -0.240. The van der Waals surface area contributed by atoms with E-state index in [4.69, 9.17) is 11.6 Å². The van der Waals surface area contributed by atoms with E-state index in [-0.39, 0.29) is 11.5 Å². The molecule has 0 saturated heterocycles. The van der Waals surface area contributed by atoms with Crippen LogP contribution in [0.4, 0.5) is 0 Å². The molecule has 0 spiro atoms. The summed E-state index contributed by atoms with van der Waals surface area (Å²) in [6.07, 6.45) is 2.61. The molecule has 1 saturated carbocycles. The van der Waals surface area contributed by atoms with Gasteiger partial charge in [0.15, 0.2) is 0 Å². The predicted octanol–water partition coefficient (Wildman–Crippen LogP) is 2.76. The zero-order chi connectivity index (χ0) is 12.3. The van der Waals surface area contributed by atoms with Crippen LogP contribution in [0, 0.1) is 5.92 Å². The largest absolute Gasteiger partial charge is 0.386 e. The molecular weight excluding hydrogens is 244 g/mol. The van der Waals surface area contributed by atoms with E-state index < -0.39 is 11.9 Å². The fourth-order valence-corrected chi connectivity index (χ4v) is 1.64. The van der Waals surface area contributed by atoms with Crippen molar-refractivity contribution in [1.29, 1.82) is 0 Å². The Morgan fingerprint density at radius 3 is 2.59 bits per heavy atom. The molecule has 1 fully saturated rings. The summed E-state index contributed by atoms with van der Waals surface area (Å²) in [5.41, 5.74) is 0.249. The summed E-state index contributed by atoms with van der Waals surface area (Å²) < 4.78 is 0. The Morgan fingerprint density at radius 2 is 2.00 bits per heavy atom. The summed E-state index contributed by atoms with van der Waals surface area (Å²) in [4.78, 5) is 31.7. The molecule has 4 nitrogen and oxygen atoms in total. The number of benzene rings is 1. The van der Waals surface area contributed by atoms with Crippen molar-refractivity contribution >= 4 is 23.5 Å². The van der Waals surface area contributed by atoms with Crippen LogP contribution in [0.3, 0.4) is 0 Å². The first-order valence-corrected chi connectivity index (χ1v) is 5.73. The van der Waals surface area contributed by atoms with Crippen molar-refractivity contribution in [3.05, 3.63) is 34.9 Å². The molecule has 0 heterocycles. The highest BCUT2D eigenvalue weighted by molar-refractivity contribution is 6.30. The number of hydrogen-bond acceptors (Lipinski definition) is 4. The molecule has 5 heteroatoms. The van der Waals surface area contributed by atoms with Crippen LogP contribution in [0.25, 0.3) is 0 Å². The third-order valence-electron chi connectivity index (χ3n) is 2.70. The lowest BCUT2D eigenvalue weighted by Gasteiger charge is -2.21. The van der Waals surface area contributed by atoms with Crippen molar-refractivity contribution in [3.63, 3.8) is 0 Å². The van der Waals surface area contributed by atoms with E-state index in [2.05, 4.69) is 9.78 Å². The molecule has 0 bridgehead atoms. The molecule has 0 atom stereocenters.